The molecule has 0 bridgehead atoms. The summed E-state index contributed by atoms with van der Waals surface area (Å²) in [5.74, 6) is 0.138. The molecule has 0 spiro atoms. The van der Waals surface area contributed by atoms with Crippen LogP contribution < -0.4 is 5.32 Å². The zero-order chi connectivity index (χ0) is 17.5. The first-order valence-corrected chi connectivity index (χ1v) is 9.18. The summed E-state index contributed by atoms with van der Waals surface area (Å²) in [6.45, 7) is 4.28. The van der Waals surface area contributed by atoms with Crippen LogP contribution in [0.3, 0.4) is 0 Å². The van der Waals surface area contributed by atoms with Crippen molar-refractivity contribution in [1.29, 1.82) is 0 Å². The summed E-state index contributed by atoms with van der Waals surface area (Å²) in [7, 11) is 0. The Morgan fingerprint density at radius 2 is 2.00 bits per heavy atom. The van der Waals surface area contributed by atoms with Crippen LogP contribution in [0, 0.1) is 0 Å². The number of piperidine rings is 1. The molecule has 4 heteroatoms. The van der Waals surface area contributed by atoms with Crippen molar-refractivity contribution in [1.82, 2.24) is 15.2 Å². The molecule has 2 aromatic rings. The Bertz CT molecular complexity index is 659. The molecule has 2 atom stereocenters. The Labute approximate surface area is 150 Å². The highest BCUT2D eigenvalue weighted by Gasteiger charge is 2.26. The van der Waals surface area contributed by atoms with Gasteiger partial charge in [-0.05, 0) is 43.9 Å². The number of pyridine rings is 1. The van der Waals surface area contributed by atoms with Crippen LogP contribution in [0.1, 0.15) is 37.4 Å². The maximum atomic E-state index is 12.2. The molecule has 0 radical (unpaired) electrons. The van der Waals surface area contributed by atoms with Gasteiger partial charge in [-0.3, -0.25) is 14.7 Å². The van der Waals surface area contributed by atoms with Crippen molar-refractivity contribution in [3.63, 3.8) is 0 Å². The first-order chi connectivity index (χ1) is 12.2. The molecule has 132 valence electrons. The normalized spacial score (nSPS) is 21.0. The summed E-state index contributed by atoms with van der Waals surface area (Å²) < 4.78 is 0. The van der Waals surface area contributed by atoms with Gasteiger partial charge >= 0.3 is 0 Å². The van der Waals surface area contributed by atoms with Gasteiger partial charge in [-0.15, -0.1) is 0 Å². The van der Waals surface area contributed by atoms with E-state index in [0.717, 1.165) is 31.6 Å². The van der Waals surface area contributed by atoms with E-state index in [-0.39, 0.29) is 5.91 Å². The predicted octanol–water partition coefficient (Wildman–Crippen LogP) is 3.18. The van der Waals surface area contributed by atoms with Crippen molar-refractivity contribution in [2.24, 2.45) is 0 Å². The van der Waals surface area contributed by atoms with Crippen molar-refractivity contribution >= 4 is 5.91 Å². The van der Waals surface area contributed by atoms with E-state index in [0.29, 0.717) is 24.9 Å². The van der Waals surface area contributed by atoms with E-state index in [4.69, 9.17) is 0 Å². The zero-order valence-corrected chi connectivity index (χ0v) is 14.9. The van der Waals surface area contributed by atoms with Crippen LogP contribution in [0.2, 0.25) is 0 Å². The number of rotatable bonds is 6. The Kier molecular flexibility index (Phi) is 6.18. The van der Waals surface area contributed by atoms with Crippen LogP contribution in [0.25, 0.3) is 0 Å². The number of aromatic nitrogens is 1. The molecule has 1 aromatic carbocycles. The first-order valence-electron chi connectivity index (χ1n) is 9.18. The summed E-state index contributed by atoms with van der Waals surface area (Å²) in [4.78, 5) is 19.0. The second kappa shape index (κ2) is 8.77. The van der Waals surface area contributed by atoms with Crippen molar-refractivity contribution in [2.75, 3.05) is 6.54 Å². The molecule has 1 amide bonds. The molecule has 1 N–H and O–H groups in total. The average Bonchev–Trinajstić information content (AvgIpc) is 2.64. The van der Waals surface area contributed by atoms with E-state index in [1.54, 1.807) is 6.20 Å². The van der Waals surface area contributed by atoms with Crippen LogP contribution in [-0.2, 0) is 17.8 Å². The maximum absolute atomic E-state index is 12.2. The molecule has 1 aromatic heterocycles. The van der Waals surface area contributed by atoms with Crippen molar-refractivity contribution in [3.05, 3.63) is 66.0 Å². The Morgan fingerprint density at radius 1 is 1.20 bits per heavy atom. The highest BCUT2D eigenvalue weighted by Crippen LogP contribution is 2.20. The summed E-state index contributed by atoms with van der Waals surface area (Å²) in [5, 5.41) is 3.21. The minimum absolute atomic E-state index is 0.138. The number of benzene rings is 1. The van der Waals surface area contributed by atoms with Gasteiger partial charge in [0.15, 0.2) is 0 Å². The Morgan fingerprint density at radius 3 is 2.72 bits per heavy atom. The SMILES string of the molecule is C[C@H]1C[C@H](NC(=O)CCc2ccccn2)CCN1Cc1ccccc1. The topological polar surface area (TPSA) is 45.2 Å². The Hall–Kier alpha value is -2.20. The molecule has 3 rings (SSSR count). The monoisotopic (exact) mass is 337 g/mol. The second-order valence-corrected chi connectivity index (χ2v) is 6.91. The van der Waals surface area contributed by atoms with Gasteiger partial charge in [0.25, 0.3) is 0 Å². The smallest absolute Gasteiger partial charge is 0.220 e. The van der Waals surface area contributed by atoms with Gasteiger partial charge in [0.1, 0.15) is 0 Å². The lowest BCUT2D eigenvalue weighted by atomic mass is 9.97. The quantitative estimate of drug-likeness (QED) is 0.880. The molecular weight excluding hydrogens is 310 g/mol. The highest BCUT2D eigenvalue weighted by atomic mass is 16.1. The molecule has 0 saturated carbocycles. The van der Waals surface area contributed by atoms with Gasteiger partial charge in [0.2, 0.25) is 5.91 Å². The summed E-state index contributed by atoms with van der Waals surface area (Å²) in [6.07, 6.45) is 5.02. The predicted molar refractivity (Wildman–Crippen MR) is 100 cm³/mol. The number of nitrogens with one attached hydrogen (secondary N) is 1. The van der Waals surface area contributed by atoms with Crippen LogP contribution in [-0.4, -0.2) is 34.4 Å². The number of carbonyl (C=O) groups is 1. The molecule has 1 fully saturated rings. The number of hydrogen-bond donors (Lipinski definition) is 1. The molecule has 1 aliphatic rings. The third-order valence-corrected chi connectivity index (χ3v) is 4.94. The number of hydrogen-bond acceptors (Lipinski definition) is 3. The fourth-order valence-corrected chi connectivity index (χ4v) is 3.49. The number of nitrogens with zero attached hydrogens (tertiary/aromatic N) is 2. The second-order valence-electron chi connectivity index (χ2n) is 6.91. The zero-order valence-electron chi connectivity index (χ0n) is 14.9. The minimum atomic E-state index is 0.138. The van der Waals surface area contributed by atoms with Gasteiger partial charge in [0.05, 0.1) is 0 Å². The average molecular weight is 337 g/mol. The van der Waals surface area contributed by atoms with E-state index < -0.39 is 0 Å². The summed E-state index contributed by atoms with van der Waals surface area (Å²) in [5.41, 5.74) is 2.33. The van der Waals surface area contributed by atoms with Gasteiger partial charge < -0.3 is 5.32 Å². The van der Waals surface area contributed by atoms with Gasteiger partial charge in [-0.1, -0.05) is 36.4 Å². The molecule has 4 nitrogen and oxygen atoms in total. The third-order valence-electron chi connectivity index (χ3n) is 4.94. The largest absolute Gasteiger partial charge is 0.353 e. The van der Waals surface area contributed by atoms with Crippen LogP contribution in [0.4, 0.5) is 0 Å². The van der Waals surface area contributed by atoms with Crippen LogP contribution in [0.5, 0.6) is 0 Å². The number of carbonyl (C=O) groups excluding carboxylic acids is 1. The fourth-order valence-electron chi connectivity index (χ4n) is 3.49. The van der Waals surface area contributed by atoms with Crippen LogP contribution in [0.15, 0.2) is 54.7 Å². The number of aryl methyl sites for hydroxylation is 1. The summed E-state index contributed by atoms with van der Waals surface area (Å²) >= 11 is 0. The summed E-state index contributed by atoms with van der Waals surface area (Å²) in [6, 6.07) is 17.2. The van der Waals surface area contributed by atoms with E-state index in [2.05, 4.69) is 52.5 Å². The lowest BCUT2D eigenvalue weighted by Gasteiger charge is -2.38. The molecule has 1 aliphatic heterocycles. The number of amides is 1. The van der Waals surface area contributed by atoms with Gasteiger partial charge in [0, 0.05) is 43.5 Å². The molecule has 0 aliphatic carbocycles. The first kappa shape index (κ1) is 17.6. The van der Waals surface area contributed by atoms with Gasteiger partial charge in [-0.2, -0.15) is 0 Å². The lowest BCUT2D eigenvalue weighted by molar-refractivity contribution is -0.122. The van der Waals surface area contributed by atoms with Crippen molar-refractivity contribution in [2.45, 2.75) is 51.2 Å². The minimum Gasteiger partial charge on any atom is -0.353 e. The third kappa shape index (κ3) is 5.40. The molecule has 25 heavy (non-hydrogen) atoms. The fraction of sp³-hybridized carbons (Fsp3) is 0.429. The highest BCUT2D eigenvalue weighted by molar-refractivity contribution is 5.76. The maximum Gasteiger partial charge on any atom is 0.220 e. The van der Waals surface area contributed by atoms with Gasteiger partial charge in [-0.25, -0.2) is 0 Å². The van der Waals surface area contributed by atoms with E-state index in [1.165, 1.54) is 5.56 Å². The molecule has 0 unspecified atom stereocenters. The van der Waals surface area contributed by atoms with Crippen LogP contribution >= 0.6 is 0 Å². The van der Waals surface area contributed by atoms with E-state index in [9.17, 15) is 4.79 Å². The number of likely N-dealkylation sites (tertiary alicyclic amines) is 1. The standard InChI is InChI=1S/C21H27N3O/c1-17-15-20(12-14-24(17)16-18-7-3-2-4-8-18)23-21(25)11-10-19-9-5-6-13-22-19/h2-9,13,17,20H,10-12,14-16H2,1H3,(H,23,25)/t17-,20+/m0/s1. The molecule has 1 saturated heterocycles. The van der Waals surface area contributed by atoms with E-state index >= 15 is 0 Å². The molecule has 2 heterocycles. The van der Waals surface area contributed by atoms with Crippen molar-refractivity contribution < 1.29 is 4.79 Å². The Balaban J connectivity index is 1.42. The van der Waals surface area contributed by atoms with Crippen molar-refractivity contribution in [3.8, 4) is 0 Å². The lowest BCUT2D eigenvalue weighted by Crippen LogP contribution is -2.48. The molecular formula is C21H27N3O. The van der Waals surface area contributed by atoms with E-state index in [1.807, 2.05) is 18.2 Å².